The monoisotopic (exact) mass is 225 g/mol. The summed E-state index contributed by atoms with van der Waals surface area (Å²) in [7, 11) is 2.41. The van der Waals surface area contributed by atoms with E-state index in [0.29, 0.717) is 0 Å². The van der Waals surface area contributed by atoms with Gasteiger partial charge in [-0.15, -0.1) is 0 Å². The van der Waals surface area contributed by atoms with Crippen molar-refractivity contribution in [3.63, 3.8) is 0 Å². The minimum atomic E-state index is 0.920. The fraction of sp³-hybridized carbons (Fsp3) is 1.00. The van der Waals surface area contributed by atoms with E-state index in [1.807, 2.05) is 0 Å². The average molecular weight is 225 g/mol. The van der Waals surface area contributed by atoms with Crippen LogP contribution in [0.4, 0.5) is 0 Å². The predicted octanol–water partition coefficient (Wildman–Crippen LogP) is 3.29. The maximum absolute atomic E-state index is 2.77. The first kappa shape index (κ1) is 10.5. The first-order chi connectivity index (χ1) is 7.36. The molecule has 86 valence electrons. The Bertz CT molecular complexity index is 209. The molecule has 1 aliphatic heterocycles. The second-order valence-electron chi connectivity index (χ2n) is 5.58. The van der Waals surface area contributed by atoms with Crippen LogP contribution in [0.25, 0.3) is 0 Å². The highest BCUT2D eigenvalue weighted by molar-refractivity contribution is 8.00. The summed E-state index contributed by atoms with van der Waals surface area (Å²) in [5.74, 6) is 0. The Labute approximate surface area is 98.0 Å². The SMILES string of the molecule is CN1[C@@H]2CCCC[C@H]2S[C@H]2CCCC[C@@H]21. The minimum absolute atomic E-state index is 0.920. The van der Waals surface area contributed by atoms with Gasteiger partial charge < -0.3 is 0 Å². The number of rotatable bonds is 0. The van der Waals surface area contributed by atoms with Crippen LogP contribution >= 0.6 is 11.8 Å². The van der Waals surface area contributed by atoms with Crippen LogP contribution in [0.3, 0.4) is 0 Å². The second kappa shape index (κ2) is 4.29. The summed E-state index contributed by atoms with van der Waals surface area (Å²) in [4.78, 5) is 2.77. The first-order valence-electron chi connectivity index (χ1n) is 6.73. The van der Waals surface area contributed by atoms with Gasteiger partial charge in [0.2, 0.25) is 0 Å². The van der Waals surface area contributed by atoms with E-state index in [0.717, 1.165) is 22.6 Å². The molecule has 15 heavy (non-hydrogen) atoms. The molecule has 0 amide bonds. The third-order valence-electron chi connectivity index (χ3n) is 4.73. The molecule has 2 heteroatoms. The molecular formula is C13H23NS. The van der Waals surface area contributed by atoms with E-state index in [1.165, 1.54) is 51.4 Å². The van der Waals surface area contributed by atoms with Gasteiger partial charge in [-0.2, -0.15) is 11.8 Å². The molecule has 0 N–H and O–H groups in total. The number of hydrogen-bond donors (Lipinski definition) is 0. The van der Waals surface area contributed by atoms with E-state index >= 15 is 0 Å². The zero-order valence-corrected chi connectivity index (χ0v) is 10.6. The molecule has 1 heterocycles. The molecule has 0 spiro atoms. The van der Waals surface area contributed by atoms with E-state index in [9.17, 15) is 0 Å². The number of thioether (sulfide) groups is 1. The largest absolute Gasteiger partial charge is 0.298 e. The Hall–Kier alpha value is 0.310. The lowest BCUT2D eigenvalue weighted by Gasteiger charge is -2.51. The zero-order chi connectivity index (χ0) is 10.3. The van der Waals surface area contributed by atoms with Crippen LogP contribution in [0, 0.1) is 0 Å². The molecule has 0 unspecified atom stereocenters. The Morgan fingerprint density at radius 1 is 0.800 bits per heavy atom. The molecule has 1 nitrogen and oxygen atoms in total. The Balaban J connectivity index is 1.76. The smallest absolute Gasteiger partial charge is 0.0215 e. The van der Waals surface area contributed by atoms with Gasteiger partial charge in [0.15, 0.2) is 0 Å². The van der Waals surface area contributed by atoms with Crippen molar-refractivity contribution in [2.75, 3.05) is 7.05 Å². The van der Waals surface area contributed by atoms with Gasteiger partial charge >= 0.3 is 0 Å². The summed E-state index contributed by atoms with van der Waals surface area (Å²) >= 11 is 2.36. The molecule has 0 bridgehead atoms. The lowest BCUT2D eigenvalue weighted by Crippen LogP contribution is -2.56. The fourth-order valence-electron chi connectivity index (χ4n) is 3.87. The van der Waals surface area contributed by atoms with Gasteiger partial charge in [0.1, 0.15) is 0 Å². The van der Waals surface area contributed by atoms with Gasteiger partial charge in [-0.1, -0.05) is 25.7 Å². The third-order valence-corrected chi connectivity index (χ3v) is 6.53. The summed E-state index contributed by atoms with van der Waals surface area (Å²) in [5.41, 5.74) is 0. The molecule has 0 aromatic heterocycles. The van der Waals surface area contributed by atoms with Crippen LogP contribution in [0.2, 0.25) is 0 Å². The van der Waals surface area contributed by atoms with Crippen molar-refractivity contribution in [1.29, 1.82) is 0 Å². The average Bonchev–Trinajstić information content (AvgIpc) is 2.30. The maximum atomic E-state index is 2.77. The quantitative estimate of drug-likeness (QED) is 0.622. The van der Waals surface area contributed by atoms with Crippen molar-refractivity contribution in [2.24, 2.45) is 0 Å². The summed E-state index contributed by atoms with van der Waals surface area (Å²) in [6.07, 6.45) is 11.8. The third kappa shape index (κ3) is 1.84. The van der Waals surface area contributed by atoms with Gasteiger partial charge in [0.25, 0.3) is 0 Å². The van der Waals surface area contributed by atoms with Crippen molar-refractivity contribution in [3.05, 3.63) is 0 Å². The highest BCUT2D eigenvalue weighted by atomic mass is 32.2. The van der Waals surface area contributed by atoms with E-state index < -0.39 is 0 Å². The minimum Gasteiger partial charge on any atom is -0.298 e. The van der Waals surface area contributed by atoms with E-state index in [1.54, 1.807) is 0 Å². The summed E-state index contributed by atoms with van der Waals surface area (Å²) in [6.45, 7) is 0. The van der Waals surface area contributed by atoms with Crippen molar-refractivity contribution in [2.45, 2.75) is 74.0 Å². The molecule has 3 rings (SSSR count). The van der Waals surface area contributed by atoms with Crippen molar-refractivity contribution in [3.8, 4) is 0 Å². The second-order valence-corrected chi connectivity index (χ2v) is 7.07. The number of nitrogens with zero attached hydrogens (tertiary/aromatic N) is 1. The predicted molar refractivity (Wildman–Crippen MR) is 67.4 cm³/mol. The van der Waals surface area contributed by atoms with E-state index in [4.69, 9.17) is 0 Å². The summed E-state index contributed by atoms with van der Waals surface area (Å²) in [5, 5.41) is 1.95. The Morgan fingerprint density at radius 3 is 1.80 bits per heavy atom. The normalized spacial score (nSPS) is 47.0. The Morgan fingerprint density at radius 2 is 1.27 bits per heavy atom. The molecule has 4 atom stereocenters. The van der Waals surface area contributed by atoms with Crippen LogP contribution in [-0.4, -0.2) is 34.5 Å². The van der Waals surface area contributed by atoms with Gasteiger partial charge in [-0.05, 0) is 32.7 Å². The number of fused-ring (bicyclic) bond motifs is 2. The van der Waals surface area contributed by atoms with Crippen molar-refractivity contribution in [1.82, 2.24) is 4.90 Å². The lowest BCUT2D eigenvalue weighted by molar-refractivity contribution is 0.107. The first-order valence-corrected chi connectivity index (χ1v) is 7.68. The van der Waals surface area contributed by atoms with Crippen LogP contribution in [0.1, 0.15) is 51.4 Å². The standard InChI is InChI=1S/C13H23NS/c1-14-10-6-2-4-8-12(10)15-13-9-5-3-7-11(13)14/h10-13H,2-9H2,1H3/t10-,11+,12-,13+. The maximum Gasteiger partial charge on any atom is 0.0215 e. The highest BCUT2D eigenvalue weighted by Gasteiger charge is 2.42. The van der Waals surface area contributed by atoms with Gasteiger partial charge in [-0.3, -0.25) is 4.90 Å². The topological polar surface area (TPSA) is 3.24 Å². The summed E-state index contributed by atoms with van der Waals surface area (Å²) < 4.78 is 0. The van der Waals surface area contributed by atoms with Crippen LogP contribution in [-0.2, 0) is 0 Å². The summed E-state index contributed by atoms with van der Waals surface area (Å²) in [6, 6.07) is 1.84. The molecule has 0 radical (unpaired) electrons. The van der Waals surface area contributed by atoms with Crippen LogP contribution < -0.4 is 0 Å². The van der Waals surface area contributed by atoms with Gasteiger partial charge in [0.05, 0.1) is 0 Å². The molecule has 1 saturated heterocycles. The van der Waals surface area contributed by atoms with Gasteiger partial charge in [0, 0.05) is 22.6 Å². The van der Waals surface area contributed by atoms with E-state index in [-0.39, 0.29) is 0 Å². The Kier molecular flexibility index (Phi) is 2.99. The zero-order valence-electron chi connectivity index (χ0n) is 9.82. The highest BCUT2D eigenvalue weighted by Crippen LogP contribution is 2.45. The molecule has 0 aromatic carbocycles. The number of hydrogen-bond acceptors (Lipinski definition) is 2. The molecule has 3 aliphatic rings. The molecule has 2 saturated carbocycles. The lowest BCUT2D eigenvalue weighted by atomic mass is 9.88. The van der Waals surface area contributed by atoms with Crippen LogP contribution in [0.5, 0.6) is 0 Å². The van der Waals surface area contributed by atoms with Gasteiger partial charge in [-0.25, -0.2) is 0 Å². The van der Waals surface area contributed by atoms with E-state index in [2.05, 4.69) is 23.7 Å². The van der Waals surface area contributed by atoms with Crippen molar-refractivity contribution < 1.29 is 0 Å². The molecular weight excluding hydrogens is 202 g/mol. The molecule has 0 aromatic rings. The fourth-order valence-corrected chi connectivity index (χ4v) is 5.95. The molecule has 3 fully saturated rings. The van der Waals surface area contributed by atoms with Crippen LogP contribution in [0.15, 0.2) is 0 Å². The molecule has 2 aliphatic carbocycles. The van der Waals surface area contributed by atoms with Crippen molar-refractivity contribution >= 4 is 11.8 Å².